The topological polar surface area (TPSA) is 35.6 Å². The van der Waals surface area contributed by atoms with Crippen molar-refractivity contribution in [2.75, 3.05) is 42.9 Å². The van der Waals surface area contributed by atoms with Crippen LogP contribution in [-0.4, -0.2) is 43.5 Å². The molecule has 27 heavy (non-hydrogen) atoms. The predicted octanol–water partition coefficient (Wildman–Crippen LogP) is 3.71. The van der Waals surface area contributed by atoms with Gasteiger partial charge < -0.3 is 15.1 Å². The maximum Gasteiger partial charge on any atom is 0.241 e. The van der Waals surface area contributed by atoms with Crippen LogP contribution in [0.4, 0.5) is 15.8 Å². The average Bonchev–Trinajstić information content (AvgIpc) is 2.72. The smallest absolute Gasteiger partial charge is 0.241 e. The van der Waals surface area contributed by atoms with Gasteiger partial charge in [0.15, 0.2) is 0 Å². The van der Waals surface area contributed by atoms with Crippen LogP contribution in [0.3, 0.4) is 0 Å². The molecule has 1 aliphatic heterocycles. The monoisotopic (exact) mass is 369 g/mol. The Morgan fingerprint density at radius 2 is 1.59 bits per heavy atom. The van der Waals surface area contributed by atoms with Crippen LogP contribution in [0, 0.1) is 5.82 Å². The van der Waals surface area contributed by atoms with Gasteiger partial charge in [-0.2, -0.15) is 0 Å². The lowest BCUT2D eigenvalue weighted by Crippen LogP contribution is -2.50. The van der Waals surface area contributed by atoms with E-state index in [1.807, 2.05) is 15.9 Å². The van der Waals surface area contributed by atoms with Crippen molar-refractivity contribution in [3.05, 3.63) is 59.4 Å². The van der Waals surface area contributed by atoms with Gasteiger partial charge in [-0.15, -0.1) is 0 Å². The number of hydrogen-bond donors (Lipinski definition) is 1. The minimum atomic E-state index is -0.206. The SMILES string of the molecule is CCc1cccc(CC)c1NCC(=O)N1CCN(c2ccccc2F)CC1. The lowest BCUT2D eigenvalue weighted by atomic mass is 10.0. The summed E-state index contributed by atoms with van der Waals surface area (Å²) in [6, 6.07) is 13.1. The van der Waals surface area contributed by atoms with Gasteiger partial charge in [0.25, 0.3) is 0 Å². The van der Waals surface area contributed by atoms with Gasteiger partial charge in [-0.1, -0.05) is 44.2 Å². The maximum absolute atomic E-state index is 13.9. The zero-order chi connectivity index (χ0) is 19.2. The standard InChI is InChI=1S/C22H28FN3O/c1-3-17-8-7-9-18(4-2)22(17)24-16-21(27)26-14-12-25(13-15-26)20-11-6-5-10-19(20)23/h5-11,24H,3-4,12-16H2,1-2H3. The summed E-state index contributed by atoms with van der Waals surface area (Å²) < 4.78 is 13.9. The summed E-state index contributed by atoms with van der Waals surface area (Å²) in [5, 5.41) is 3.37. The number of anilines is 2. The van der Waals surface area contributed by atoms with E-state index in [0.29, 0.717) is 38.4 Å². The van der Waals surface area contributed by atoms with Crippen LogP contribution in [0.25, 0.3) is 0 Å². The molecule has 3 rings (SSSR count). The molecule has 0 saturated carbocycles. The van der Waals surface area contributed by atoms with Crippen molar-refractivity contribution >= 4 is 17.3 Å². The number of nitrogens with zero attached hydrogens (tertiary/aromatic N) is 2. The largest absolute Gasteiger partial charge is 0.376 e. The van der Waals surface area contributed by atoms with Gasteiger partial charge in [-0.25, -0.2) is 4.39 Å². The van der Waals surface area contributed by atoms with Crippen molar-refractivity contribution in [1.29, 1.82) is 0 Å². The van der Waals surface area contributed by atoms with E-state index in [1.165, 1.54) is 17.2 Å². The molecule has 0 spiro atoms. The third-order valence-electron chi connectivity index (χ3n) is 5.24. The summed E-state index contributed by atoms with van der Waals surface area (Å²) in [6.07, 6.45) is 1.87. The van der Waals surface area contributed by atoms with E-state index in [0.717, 1.165) is 18.5 Å². The molecule has 1 fully saturated rings. The quantitative estimate of drug-likeness (QED) is 0.843. The number of benzene rings is 2. The van der Waals surface area contributed by atoms with E-state index in [-0.39, 0.29) is 11.7 Å². The molecule has 0 aliphatic carbocycles. The molecule has 0 atom stereocenters. The Morgan fingerprint density at radius 1 is 0.963 bits per heavy atom. The first-order valence-electron chi connectivity index (χ1n) is 9.76. The summed E-state index contributed by atoms with van der Waals surface area (Å²) in [5.74, 6) is -0.113. The molecule has 5 heteroatoms. The normalized spacial score (nSPS) is 14.3. The molecule has 2 aromatic rings. The minimum absolute atomic E-state index is 0.0937. The number of amides is 1. The molecule has 1 aliphatic rings. The van der Waals surface area contributed by atoms with Gasteiger partial charge in [-0.3, -0.25) is 4.79 Å². The van der Waals surface area contributed by atoms with Crippen molar-refractivity contribution in [2.24, 2.45) is 0 Å². The summed E-state index contributed by atoms with van der Waals surface area (Å²) in [5.41, 5.74) is 4.20. The summed E-state index contributed by atoms with van der Waals surface area (Å²) in [7, 11) is 0. The average molecular weight is 369 g/mol. The van der Waals surface area contributed by atoms with Crippen LogP contribution in [0.1, 0.15) is 25.0 Å². The Hall–Kier alpha value is -2.56. The lowest BCUT2D eigenvalue weighted by molar-refractivity contribution is -0.129. The van der Waals surface area contributed by atoms with Crippen LogP contribution < -0.4 is 10.2 Å². The number of para-hydroxylation sites is 2. The molecule has 4 nitrogen and oxygen atoms in total. The van der Waals surface area contributed by atoms with E-state index in [9.17, 15) is 9.18 Å². The van der Waals surface area contributed by atoms with Gasteiger partial charge in [0, 0.05) is 31.9 Å². The number of halogens is 1. The maximum atomic E-state index is 13.9. The zero-order valence-electron chi connectivity index (χ0n) is 16.2. The molecule has 144 valence electrons. The molecule has 0 bridgehead atoms. The fourth-order valence-electron chi connectivity index (χ4n) is 3.65. The Kier molecular flexibility index (Phi) is 6.32. The highest BCUT2D eigenvalue weighted by molar-refractivity contribution is 5.82. The second-order valence-corrected chi connectivity index (χ2v) is 6.83. The van der Waals surface area contributed by atoms with Crippen molar-refractivity contribution in [3.63, 3.8) is 0 Å². The molecule has 0 aromatic heterocycles. The molecule has 0 unspecified atom stereocenters. The second kappa shape index (κ2) is 8.89. The van der Waals surface area contributed by atoms with Crippen LogP contribution in [0.15, 0.2) is 42.5 Å². The van der Waals surface area contributed by atoms with Crippen molar-refractivity contribution in [3.8, 4) is 0 Å². The van der Waals surface area contributed by atoms with Crippen LogP contribution >= 0.6 is 0 Å². The van der Waals surface area contributed by atoms with Crippen molar-refractivity contribution < 1.29 is 9.18 Å². The fourth-order valence-corrected chi connectivity index (χ4v) is 3.65. The predicted molar refractivity (Wildman–Crippen MR) is 109 cm³/mol. The number of carbonyl (C=O) groups is 1. The molecule has 1 heterocycles. The van der Waals surface area contributed by atoms with Crippen molar-refractivity contribution in [1.82, 2.24) is 4.90 Å². The molecule has 1 N–H and O–H groups in total. The fraction of sp³-hybridized carbons (Fsp3) is 0.409. The molecule has 1 amide bonds. The molecular weight excluding hydrogens is 341 g/mol. The molecule has 1 saturated heterocycles. The van der Waals surface area contributed by atoms with Gasteiger partial charge in [-0.05, 0) is 36.1 Å². The van der Waals surface area contributed by atoms with Gasteiger partial charge in [0.1, 0.15) is 5.82 Å². The van der Waals surface area contributed by atoms with E-state index in [1.54, 1.807) is 12.1 Å². The number of rotatable bonds is 6. The first-order chi connectivity index (χ1) is 13.1. The Labute approximate surface area is 161 Å². The molecule has 2 aromatic carbocycles. The Morgan fingerprint density at radius 3 is 2.19 bits per heavy atom. The van der Waals surface area contributed by atoms with E-state index in [4.69, 9.17) is 0 Å². The van der Waals surface area contributed by atoms with Crippen LogP contribution in [0.2, 0.25) is 0 Å². The van der Waals surface area contributed by atoms with Gasteiger partial charge >= 0.3 is 0 Å². The first kappa shape index (κ1) is 19.2. The molecular formula is C22H28FN3O. The van der Waals surface area contributed by atoms with Gasteiger partial charge in [0.2, 0.25) is 5.91 Å². The molecule has 0 radical (unpaired) electrons. The highest BCUT2D eigenvalue weighted by Gasteiger charge is 2.22. The Balaban J connectivity index is 1.57. The second-order valence-electron chi connectivity index (χ2n) is 6.83. The highest BCUT2D eigenvalue weighted by atomic mass is 19.1. The lowest BCUT2D eigenvalue weighted by Gasteiger charge is -2.36. The van der Waals surface area contributed by atoms with E-state index < -0.39 is 0 Å². The number of piperazine rings is 1. The zero-order valence-corrected chi connectivity index (χ0v) is 16.2. The summed E-state index contributed by atoms with van der Waals surface area (Å²) in [6.45, 7) is 7.09. The van der Waals surface area contributed by atoms with E-state index >= 15 is 0 Å². The number of carbonyl (C=O) groups excluding carboxylic acids is 1. The minimum Gasteiger partial charge on any atom is -0.376 e. The first-order valence-corrected chi connectivity index (χ1v) is 9.76. The number of nitrogens with one attached hydrogen (secondary N) is 1. The van der Waals surface area contributed by atoms with Crippen LogP contribution in [0.5, 0.6) is 0 Å². The van der Waals surface area contributed by atoms with Crippen LogP contribution in [-0.2, 0) is 17.6 Å². The summed E-state index contributed by atoms with van der Waals surface area (Å²) in [4.78, 5) is 16.5. The third-order valence-corrected chi connectivity index (χ3v) is 5.24. The summed E-state index contributed by atoms with van der Waals surface area (Å²) >= 11 is 0. The van der Waals surface area contributed by atoms with Gasteiger partial charge in [0.05, 0.1) is 12.2 Å². The highest BCUT2D eigenvalue weighted by Crippen LogP contribution is 2.23. The Bertz CT molecular complexity index is 763. The third kappa shape index (κ3) is 4.41. The number of aryl methyl sites for hydroxylation is 2. The van der Waals surface area contributed by atoms with E-state index in [2.05, 4.69) is 37.4 Å². The number of hydrogen-bond acceptors (Lipinski definition) is 3. The van der Waals surface area contributed by atoms with Crippen molar-refractivity contribution in [2.45, 2.75) is 26.7 Å².